The molecule has 0 fully saturated rings. The van der Waals surface area contributed by atoms with E-state index in [1.165, 1.54) is 12.4 Å². The first-order valence-electron chi connectivity index (χ1n) is 6.43. The summed E-state index contributed by atoms with van der Waals surface area (Å²) < 4.78 is 51.7. The number of halogens is 3. The van der Waals surface area contributed by atoms with Gasteiger partial charge in [-0.15, -0.1) is 0 Å². The highest BCUT2D eigenvalue weighted by Crippen LogP contribution is 2.50. The van der Waals surface area contributed by atoms with Gasteiger partial charge in [-0.3, -0.25) is 9.05 Å². The molecule has 1 rings (SSSR count). The molecular weight excluding hydrogens is 340 g/mol. The van der Waals surface area contributed by atoms with Gasteiger partial charge in [0.25, 0.3) is 0 Å². The van der Waals surface area contributed by atoms with Crippen molar-refractivity contribution in [2.75, 3.05) is 13.2 Å². The monoisotopic (exact) mass is 358 g/mol. The quantitative estimate of drug-likeness (QED) is 0.717. The van der Waals surface area contributed by atoms with Gasteiger partial charge >= 0.3 is 12.9 Å². The predicted octanol–water partition coefficient (Wildman–Crippen LogP) is 3.99. The molecule has 0 amide bonds. The van der Waals surface area contributed by atoms with Crippen molar-refractivity contribution < 1.29 is 26.7 Å². The minimum Gasteiger partial charge on any atom is -0.421 e. The Hall–Kier alpha value is -0.760. The van der Waals surface area contributed by atoms with Gasteiger partial charge in [0.15, 0.2) is 12.4 Å². The van der Waals surface area contributed by atoms with Crippen LogP contribution < -0.4 is 4.52 Å². The summed E-state index contributed by atoms with van der Waals surface area (Å²) in [6.45, 7) is 2.34. The lowest BCUT2D eigenvalue weighted by molar-refractivity contribution is -0.155. The molecule has 1 unspecified atom stereocenters. The maximum Gasteiger partial charge on any atom is 0.412 e. The molecule has 0 N–H and O–H groups in total. The fourth-order valence-electron chi connectivity index (χ4n) is 1.28. The Morgan fingerprint density at radius 2 is 1.68 bits per heavy atom. The largest absolute Gasteiger partial charge is 0.421 e. The molecule has 1 atom stereocenters. The molecule has 5 nitrogen and oxygen atoms in total. The van der Waals surface area contributed by atoms with Crippen molar-refractivity contribution in [2.45, 2.75) is 39.3 Å². The van der Waals surface area contributed by atoms with Gasteiger partial charge in [-0.2, -0.15) is 13.2 Å². The van der Waals surface area contributed by atoms with Crippen molar-refractivity contribution in [1.29, 1.82) is 0 Å². The molecule has 1 heterocycles. The molecule has 22 heavy (non-hydrogen) atoms. The summed E-state index contributed by atoms with van der Waals surface area (Å²) in [5.74, 6) is 0.674. The lowest BCUT2D eigenvalue weighted by Crippen LogP contribution is -2.18. The SMILES string of the molecule is CCOP(=S)(OCC(F)(F)F)Oc1cnc(C(C)(C)C)nc1. The van der Waals surface area contributed by atoms with Crippen LogP contribution in [0.3, 0.4) is 0 Å². The number of rotatable bonds is 6. The third-order valence-electron chi connectivity index (χ3n) is 2.19. The van der Waals surface area contributed by atoms with Gasteiger partial charge in [0.05, 0.1) is 19.0 Å². The third kappa shape index (κ3) is 6.56. The van der Waals surface area contributed by atoms with Crippen molar-refractivity contribution in [1.82, 2.24) is 9.97 Å². The van der Waals surface area contributed by atoms with Crippen LogP contribution in [0.25, 0.3) is 0 Å². The van der Waals surface area contributed by atoms with Crippen molar-refractivity contribution in [3.8, 4) is 5.75 Å². The summed E-state index contributed by atoms with van der Waals surface area (Å²) in [4.78, 5) is 8.21. The van der Waals surface area contributed by atoms with Gasteiger partial charge in [0.1, 0.15) is 5.82 Å². The van der Waals surface area contributed by atoms with Crippen LogP contribution in [0.15, 0.2) is 12.4 Å². The molecule has 0 spiro atoms. The van der Waals surface area contributed by atoms with E-state index in [1.54, 1.807) is 6.92 Å². The summed E-state index contributed by atoms with van der Waals surface area (Å²) >= 11 is 4.95. The number of nitrogens with zero attached hydrogens (tertiary/aromatic N) is 2. The minimum absolute atomic E-state index is 0.0655. The average molecular weight is 358 g/mol. The highest BCUT2D eigenvalue weighted by atomic mass is 32.5. The second-order valence-corrected chi connectivity index (χ2v) is 8.27. The van der Waals surface area contributed by atoms with Crippen molar-refractivity contribution in [2.24, 2.45) is 0 Å². The topological polar surface area (TPSA) is 53.5 Å². The van der Waals surface area contributed by atoms with E-state index < -0.39 is 19.5 Å². The van der Waals surface area contributed by atoms with E-state index in [2.05, 4.69) is 14.5 Å². The molecule has 0 aromatic carbocycles. The summed E-state index contributed by atoms with van der Waals surface area (Å²) in [6, 6.07) is 0. The number of aromatic nitrogens is 2. The Bertz CT molecular complexity index is 532. The van der Waals surface area contributed by atoms with Crippen LogP contribution in [0.2, 0.25) is 0 Å². The van der Waals surface area contributed by atoms with Crippen LogP contribution in [-0.2, 0) is 26.3 Å². The first-order chi connectivity index (χ1) is 9.95. The van der Waals surface area contributed by atoms with Gasteiger partial charge in [0.2, 0.25) is 0 Å². The second-order valence-electron chi connectivity index (χ2n) is 5.34. The Kier molecular flexibility index (Phi) is 6.32. The fraction of sp³-hybridized carbons (Fsp3) is 0.667. The van der Waals surface area contributed by atoms with E-state index in [0.717, 1.165) is 0 Å². The van der Waals surface area contributed by atoms with Crippen LogP contribution in [0.1, 0.15) is 33.5 Å². The first-order valence-corrected chi connectivity index (χ1v) is 8.99. The van der Waals surface area contributed by atoms with Gasteiger partial charge in [-0.25, -0.2) is 9.97 Å². The smallest absolute Gasteiger partial charge is 0.412 e. The van der Waals surface area contributed by atoms with E-state index in [9.17, 15) is 13.2 Å². The molecule has 0 saturated heterocycles. The summed E-state index contributed by atoms with van der Waals surface area (Å²) in [6.07, 6.45) is -1.84. The van der Waals surface area contributed by atoms with Crippen LogP contribution in [0, 0.1) is 0 Å². The van der Waals surface area contributed by atoms with Crippen LogP contribution in [-0.4, -0.2) is 29.4 Å². The Labute approximate surface area is 132 Å². The standard InChI is InChI=1S/C12H18F3N2O3PS/c1-5-18-21(22,19-8-12(13,14)15)20-9-6-16-10(17-7-9)11(2,3)4/h6-7H,5,8H2,1-4H3. The zero-order chi connectivity index (χ0) is 17.0. The molecule has 0 aliphatic heterocycles. The first kappa shape index (κ1) is 19.3. The Morgan fingerprint density at radius 1 is 1.14 bits per heavy atom. The fourth-order valence-corrected chi connectivity index (χ4v) is 3.17. The predicted molar refractivity (Wildman–Crippen MR) is 79.3 cm³/mol. The second kappa shape index (κ2) is 7.21. The van der Waals surface area contributed by atoms with Gasteiger partial charge in [-0.1, -0.05) is 20.8 Å². The maximum absolute atomic E-state index is 12.3. The zero-order valence-corrected chi connectivity index (χ0v) is 14.4. The molecule has 0 aliphatic carbocycles. The van der Waals surface area contributed by atoms with Crippen LogP contribution >= 0.6 is 6.72 Å². The molecule has 126 valence electrons. The Balaban J connectivity index is 2.84. The van der Waals surface area contributed by atoms with Crippen molar-refractivity contribution >= 4 is 18.5 Å². The maximum atomic E-state index is 12.3. The highest BCUT2D eigenvalue weighted by Gasteiger charge is 2.34. The summed E-state index contributed by atoms with van der Waals surface area (Å²) in [5.41, 5.74) is -0.259. The highest BCUT2D eigenvalue weighted by molar-refractivity contribution is 8.07. The number of hydrogen-bond acceptors (Lipinski definition) is 6. The lowest BCUT2D eigenvalue weighted by Gasteiger charge is -2.22. The number of hydrogen-bond donors (Lipinski definition) is 0. The van der Waals surface area contributed by atoms with Crippen molar-refractivity contribution in [3.63, 3.8) is 0 Å². The van der Waals surface area contributed by atoms with Gasteiger partial charge in [0, 0.05) is 17.2 Å². The molecule has 1 aromatic heterocycles. The normalized spacial score (nSPS) is 15.4. The van der Waals surface area contributed by atoms with Crippen LogP contribution in [0.4, 0.5) is 13.2 Å². The van der Waals surface area contributed by atoms with E-state index in [4.69, 9.17) is 20.9 Å². The van der Waals surface area contributed by atoms with E-state index in [-0.39, 0.29) is 17.8 Å². The minimum atomic E-state index is -4.52. The molecule has 1 aromatic rings. The molecule has 0 radical (unpaired) electrons. The van der Waals surface area contributed by atoms with E-state index >= 15 is 0 Å². The summed E-state index contributed by atoms with van der Waals surface area (Å²) in [5, 5.41) is 0. The third-order valence-corrected chi connectivity index (χ3v) is 4.50. The average Bonchev–Trinajstić information content (AvgIpc) is 2.36. The molecule has 0 aliphatic rings. The molecule has 10 heteroatoms. The van der Waals surface area contributed by atoms with E-state index in [0.29, 0.717) is 5.82 Å². The summed E-state index contributed by atoms with van der Waals surface area (Å²) in [7, 11) is 0. The Morgan fingerprint density at radius 3 is 2.09 bits per heavy atom. The van der Waals surface area contributed by atoms with Crippen LogP contribution in [0.5, 0.6) is 5.75 Å². The van der Waals surface area contributed by atoms with Gasteiger partial charge in [-0.05, 0) is 6.92 Å². The number of alkyl halides is 3. The lowest BCUT2D eigenvalue weighted by atomic mass is 9.96. The molecular formula is C12H18F3N2O3PS. The van der Waals surface area contributed by atoms with Gasteiger partial charge < -0.3 is 4.52 Å². The zero-order valence-electron chi connectivity index (χ0n) is 12.7. The molecule has 0 saturated carbocycles. The van der Waals surface area contributed by atoms with Crippen molar-refractivity contribution in [3.05, 3.63) is 18.2 Å². The van der Waals surface area contributed by atoms with E-state index in [1.807, 2.05) is 20.8 Å². The molecule has 0 bridgehead atoms.